The van der Waals surface area contributed by atoms with E-state index in [1.807, 2.05) is 29.9 Å². The van der Waals surface area contributed by atoms with Gasteiger partial charge in [0, 0.05) is 12.4 Å². The fourth-order valence-electron chi connectivity index (χ4n) is 1.50. The normalized spacial score (nSPS) is 13.4. The Balaban J connectivity index is 2.71. The molecule has 0 spiro atoms. The second kappa shape index (κ2) is 3.37. The number of aliphatic hydroxyl groups excluding tert-OH is 1. The van der Waals surface area contributed by atoms with Gasteiger partial charge in [-0.1, -0.05) is 6.07 Å². The van der Waals surface area contributed by atoms with Gasteiger partial charge in [-0.2, -0.15) is 5.10 Å². The molecule has 0 amide bonds. The Kier molecular flexibility index (Phi) is 2.33. The van der Waals surface area contributed by atoms with E-state index >= 15 is 0 Å². The molecule has 0 bridgehead atoms. The predicted octanol–water partition coefficient (Wildman–Crippen LogP) is 2.39. The third-order valence-electron chi connectivity index (χ3n) is 2.31. The molecule has 1 unspecified atom stereocenters. The molecular weight excluding hydrogens is 244 g/mol. The molecule has 0 saturated carbocycles. The molecule has 0 aliphatic carbocycles. The van der Waals surface area contributed by atoms with Gasteiger partial charge in [-0.25, -0.2) is 0 Å². The quantitative estimate of drug-likeness (QED) is 0.849. The zero-order chi connectivity index (χ0) is 10.3. The number of aromatic nitrogens is 2. The number of hydrogen-bond donors (Lipinski definition) is 1. The third-order valence-corrected chi connectivity index (χ3v) is 2.90. The summed E-state index contributed by atoms with van der Waals surface area (Å²) in [6.45, 7) is 1.76. The summed E-state index contributed by atoms with van der Waals surface area (Å²) in [5, 5.41) is 14.7. The maximum absolute atomic E-state index is 9.44. The molecule has 0 aliphatic rings. The Morgan fingerprint density at radius 1 is 1.50 bits per heavy atom. The third kappa shape index (κ3) is 1.44. The van der Waals surface area contributed by atoms with E-state index < -0.39 is 6.10 Å². The van der Waals surface area contributed by atoms with Crippen LogP contribution in [0.1, 0.15) is 18.6 Å². The average Bonchev–Trinajstić information content (AvgIpc) is 2.42. The molecule has 0 radical (unpaired) electrons. The fourth-order valence-corrected chi connectivity index (χ4v) is 2.06. The van der Waals surface area contributed by atoms with Crippen molar-refractivity contribution in [1.29, 1.82) is 0 Å². The van der Waals surface area contributed by atoms with Crippen LogP contribution < -0.4 is 0 Å². The van der Waals surface area contributed by atoms with Gasteiger partial charge in [-0.15, -0.1) is 0 Å². The highest BCUT2D eigenvalue weighted by molar-refractivity contribution is 9.10. The molecule has 0 aliphatic heterocycles. The molecule has 74 valence electrons. The van der Waals surface area contributed by atoms with Crippen molar-refractivity contribution in [2.75, 3.05) is 0 Å². The Hall–Kier alpha value is -0.870. The van der Waals surface area contributed by atoms with Crippen molar-refractivity contribution in [3.63, 3.8) is 0 Å². The lowest BCUT2D eigenvalue weighted by Crippen LogP contribution is -1.91. The highest BCUT2D eigenvalue weighted by atomic mass is 79.9. The highest BCUT2D eigenvalue weighted by Gasteiger charge is 2.08. The first-order chi connectivity index (χ1) is 6.59. The predicted molar refractivity (Wildman–Crippen MR) is 59.0 cm³/mol. The number of halogens is 1. The van der Waals surface area contributed by atoms with E-state index in [4.69, 9.17) is 0 Å². The molecule has 1 aromatic heterocycles. The summed E-state index contributed by atoms with van der Waals surface area (Å²) in [7, 11) is 1.90. The van der Waals surface area contributed by atoms with Crippen LogP contribution >= 0.6 is 15.9 Å². The lowest BCUT2D eigenvalue weighted by molar-refractivity contribution is 0.199. The molecule has 1 N–H and O–H groups in total. The van der Waals surface area contributed by atoms with Gasteiger partial charge in [-0.3, -0.25) is 4.68 Å². The molecule has 0 saturated heterocycles. The van der Waals surface area contributed by atoms with Crippen LogP contribution in [0.2, 0.25) is 0 Å². The molecule has 2 rings (SSSR count). The van der Waals surface area contributed by atoms with Crippen LogP contribution in [0, 0.1) is 0 Å². The van der Waals surface area contributed by atoms with Gasteiger partial charge < -0.3 is 5.11 Å². The first-order valence-electron chi connectivity index (χ1n) is 4.40. The van der Waals surface area contributed by atoms with Crippen LogP contribution in [-0.4, -0.2) is 14.9 Å². The van der Waals surface area contributed by atoms with Crippen LogP contribution in [0.3, 0.4) is 0 Å². The lowest BCUT2D eigenvalue weighted by Gasteiger charge is -2.04. The van der Waals surface area contributed by atoms with E-state index in [-0.39, 0.29) is 0 Å². The second-order valence-electron chi connectivity index (χ2n) is 3.37. The molecule has 4 heteroatoms. The van der Waals surface area contributed by atoms with Crippen molar-refractivity contribution in [3.05, 3.63) is 28.4 Å². The number of benzene rings is 1. The van der Waals surface area contributed by atoms with E-state index in [0.717, 1.165) is 21.1 Å². The number of aliphatic hydroxyl groups is 1. The molecular formula is C10H11BrN2O. The summed E-state index contributed by atoms with van der Waals surface area (Å²) in [6.07, 6.45) is -0.438. The maximum Gasteiger partial charge on any atom is 0.135 e. The largest absolute Gasteiger partial charge is 0.389 e. The van der Waals surface area contributed by atoms with Crippen LogP contribution in [-0.2, 0) is 7.05 Å². The van der Waals surface area contributed by atoms with Crippen molar-refractivity contribution in [3.8, 4) is 0 Å². The number of fused-ring (bicyclic) bond motifs is 1. The number of nitrogens with zero attached hydrogens (tertiary/aromatic N) is 2. The summed E-state index contributed by atoms with van der Waals surface area (Å²) < 4.78 is 2.63. The maximum atomic E-state index is 9.44. The van der Waals surface area contributed by atoms with Gasteiger partial charge in [0.25, 0.3) is 0 Å². The van der Waals surface area contributed by atoms with Gasteiger partial charge in [0.1, 0.15) is 4.60 Å². The number of aryl methyl sites for hydroxylation is 1. The molecule has 0 fully saturated rings. The summed E-state index contributed by atoms with van der Waals surface area (Å²) in [4.78, 5) is 0. The smallest absolute Gasteiger partial charge is 0.135 e. The summed E-state index contributed by atoms with van der Waals surface area (Å²) in [5.41, 5.74) is 1.97. The first kappa shape index (κ1) is 9.68. The van der Waals surface area contributed by atoms with Crippen molar-refractivity contribution >= 4 is 26.8 Å². The summed E-state index contributed by atoms with van der Waals surface area (Å²) >= 11 is 3.39. The standard InChI is InChI=1S/C10H11BrN2O/c1-6(14)7-3-4-9-8(5-7)10(11)12-13(9)2/h3-6,14H,1-2H3. The Morgan fingerprint density at radius 2 is 2.21 bits per heavy atom. The van der Waals surface area contributed by atoms with Crippen molar-refractivity contribution in [1.82, 2.24) is 9.78 Å². The van der Waals surface area contributed by atoms with E-state index in [0.29, 0.717) is 0 Å². The van der Waals surface area contributed by atoms with E-state index in [9.17, 15) is 5.11 Å². The van der Waals surface area contributed by atoms with E-state index in [1.165, 1.54) is 0 Å². The zero-order valence-corrected chi connectivity index (χ0v) is 9.62. The van der Waals surface area contributed by atoms with Crippen molar-refractivity contribution in [2.24, 2.45) is 7.05 Å². The number of rotatable bonds is 1. The highest BCUT2D eigenvalue weighted by Crippen LogP contribution is 2.25. The minimum Gasteiger partial charge on any atom is -0.389 e. The van der Waals surface area contributed by atoms with Crippen molar-refractivity contribution in [2.45, 2.75) is 13.0 Å². The molecule has 3 nitrogen and oxygen atoms in total. The van der Waals surface area contributed by atoms with Gasteiger partial charge in [0.15, 0.2) is 0 Å². The second-order valence-corrected chi connectivity index (χ2v) is 4.12. The van der Waals surface area contributed by atoms with Gasteiger partial charge in [-0.05, 0) is 40.5 Å². The summed E-state index contributed by atoms with van der Waals surface area (Å²) in [5.74, 6) is 0. The Bertz CT molecular complexity index is 476. The topological polar surface area (TPSA) is 38.1 Å². The minimum atomic E-state index is -0.438. The van der Waals surface area contributed by atoms with Crippen LogP contribution in [0.5, 0.6) is 0 Å². The van der Waals surface area contributed by atoms with E-state index in [2.05, 4.69) is 21.0 Å². The lowest BCUT2D eigenvalue weighted by atomic mass is 10.1. The zero-order valence-electron chi connectivity index (χ0n) is 8.03. The fraction of sp³-hybridized carbons (Fsp3) is 0.300. The minimum absolute atomic E-state index is 0.438. The molecule has 1 heterocycles. The number of hydrogen-bond acceptors (Lipinski definition) is 2. The van der Waals surface area contributed by atoms with Crippen LogP contribution in [0.15, 0.2) is 22.8 Å². The average molecular weight is 255 g/mol. The van der Waals surface area contributed by atoms with Gasteiger partial charge in [0.05, 0.1) is 11.6 Å². The summed E-state index contributed by atoms with van der Waals surface area (Å²) in [6, 6.07) is 5.84. The van der Waals surface area contributed by atoms with Gasteiger partial charge >= 0.3 is 0 Å². The van der Waals surface area contributed by atoms with Gasteiger partial charge in [0.2, 0.25) is 0 Å². The SMILES string of the molecule is CC(O)c1ccc2c(c1)c(Br)nn2C. The Morgan fingerprint density at radius 3 is 2.86 bits per heavy atom. The molecule has 14 heavy (non-hydrogen) atoms. The van der Waals surface area contributed by atoms with Crippen LogP contribution in [0.25, 0.3) is 10.9 Å². The Labute approximate surface area is 90.5 Å². The monoisotopic (exact) mass is 254 g/mol. The molecule has 1 atom stereocenters. The molecule has 1 aromatic carbocycles. The molecule has 2 aromatic rings. The van der Waals surface area contributed by atoms with Crippen molar-refractivity contribution < 1.29 is 5.11 Å². The van der Waals surface area contributed by atoms with Crippen LogP contribution in [0.4, 0.5) is 0 Å². The van der Waals surface area contributed by atoms with E-state index in [1.54, 1.807) is 6.92 Å². The first-order valence-corrected chi connectivity index (χ1v) is 5.19.